The lowest BCUT2D eigenvalue weighted by atomic mass is 9.97. The predicted molar refractivity (Wildman–Crippen MR) is 78.8 cm³/mol. The van der Waals surface area contributed by atoms with Gasteiger partial charge in [-0.2, -0.15) is 0 Å². The number of rotatable bonds is 4. The van der Waals surface area contributed by atoms with E-state index in [0.717, 1.165) is 17.9 Å². The molecule has 0 saturated heterocycles. The summed E-state index contributed by atoms with van der Waals surface area (Å²) in [5.74, 6) is 1.54. The average molecular weight is 300 g/mol. The SMILES string of the molecule is C=CCOc1ccc(C2CN=C(OC)C2)c(Cl)c1Cl. The highest BCUT2D eigenvalue weighted by molar-refractivity contribution is 6.43. The van der Waals surface area contributed by atoms with E-state index in [-0.39, 0.29) is 5.92 Å². The van der Waals surface area contributed by atoms with Crippen LogP contribution < -0.4 is 4.74 Å². The molecule has 2 rings (SSSR count). The van der Waals surface area contributed by atoms with Crippen LogP contribution in [0.1, 0.15) is 17.9 Å². The molecule has 0 saturated carbocycles. The minimum absolute atomic E-state index is 0.216. The van der Waals surface area contributed by atoms with Gasteiger partial charge in [0.05, 0.1) is 12.1 Å². The van der Waals surface area contributed by atoms with E-state index in [9.17, 15) is 0 Å². The number of hydrogen-bond acceptors (Lipinski definition) is 3. The summed E-state index contributed by atoms with van der Waals surface area (Å²) in [5, 5.41) is 0.965. The molecule has 0 aliphatic carbocycles. The number of nitrogens with zero attached hydrogens (tertiary/aromatic N) is 1. The molecule has 1 aliphatic rings. The molecule has 3 nitrogen and oxygen atoms in total. The third kappa shape index (κ3) is 3.04. The van der Waals surface area contributed by atoms with Crippen LogP contribution in [-0.2, 0) is 4.74 Å². The molecule has 1 aromatic rings. The zero-order valence-corrected chi connectivity index (χ0v) is 12.2. The van der Waals surface area contributed by atoms with Crippen LogP contribution in [0.2, 0.25) is 10.0 Å². The summed E-state index contributed by atoms with van der Waals surface area (Å²) in [6, 6.07) is 3.77. The van der Waals surface area contributed by atoms with E-state index in [0.29, 0.717) is 28.9 Å². The van der Waals surface area contributed by atoms with E-state index in [1.807, 2.05) is 12.1 Å². The summed E-state index contributed by atoms with van der Waals surface area (Å²) in [5.41, 5.74) is 0.980. The molecule has 0 fully saturated rings. The van der Waals surface area contributed by atoms with E-state index >= 15 is 0 Å². The maximum Gasteiger partial charge on any atom is 0.183 e. The molecular formula is C14H15Cl2NO2. The Bertz CT molecular complexity index is 514. The lowest BCUT2D eigenvalue weighted by Gasteiger charge is -2.14. The fraction of sp³-hybridized carbons (Fsp3) is 0.357. The lowest BCUT2D eigenvalue weighted by Crippen LogP contribution is -2.04. The minimum atomic E-state index is 0.216. The number of hydrogen-bond donors (Lipinski definition) is 0. The number of methoxy groups -OCH3 is 1. The van der Waals surface area contributed by atoms with E-state index in [1.54, 1.807) is 13.2 Å². The molecule has 0 N–H and O–H groups in total. The molecule has 1 heterocycles. The zero-order chi connectivity index (χ0) is 13.8. The summed E-state index contributed by atoms with van der Waals surface area (Å²) in [6.07, 6.45) is 2.41. The van der Waals surface area contributed by atoms with Gasteiger partial charge in [0.25, 0.3) is 0 Å². The molecule has 1 unspecified atom stereocenters. The highest BCUT2D eigenvalue weighted by Crippen LogP contribution is 2.40. The van der Waals surface area contributed by atoms with Gasteiger partial charge in [-0.15, -0.1) is 0 Å². The molecule has 1 atom stereocenters. The molecule has 0 amide bonds. The maximum atomic E-state index is 6.32. The molecule has 0 radical (unpaired) electrons. The van der Waals surface area contributed by atoms with Crippen LogP contribution in [0.25, 0.3) is 0 Å². The highest BCUT2D eigenvalue weighted by Gasteiger charge is 2.24. The van der Waals surface area contributed by atoms with Crippen LogP contribution in [0.4, 0.5) is 0 Å². The first-order valence-electron chi connectivity index (χ1n) is 5.96. The fourth-order valence-corrected chi connectivity index (χ4v) is 2.57. The maximum absolute atomic E-state index is 6.32. The Kier molecular flexibility index (Phi) is 4.72. The van der Waals surface area contributed by atoms with Crippen molar-refractivity contribution in [1.29, 1.82) is 0 Å². The second-order valence-corrected chi connectivity index (χ2v) is 4.98. The van der Waals surface area contributed by atoms with Crippen LogP contribution in [0.3, 0.4) is 0 Å². The van der Waals surface area contributed by atoms with Crippen molar-refractivity contribution in [2.24, 2.45) is 4.99 Å². The second-order valence-electron chi connectivity index (χ2n) is 4.22. The Labute approximate surface area is 122 Å². The van der Waals surface area contributed by atoms with Gasteiger partial charge >= 0.3 is 0 Å². The monoisotopic (exact) mass is 299 g/mol. The largest absolute Gasteiger partial charge is 0.488 e. The van der Waals surface area contributed by atoms with Gasteiger partial charge in [0.15, 0.2) is 5.90 Å². The van der Waals surface area contributed by atoms with Crippen molar-refractivity contribution in [3.63, 3.8) is 0 Å². The van der Waals surface area contributed by atoms with Crippen LogP contribution in [0.5, 0.6) is 5.75 Å². The van der Waals surface area contributed by atoms with Gasteiger partial charge in [0.2, 0.25) is 0 Å². The molecule has 1 aromatic carbocycles. The van der Waals surface area contributed by atoms with E-state index in [4.69, 9.17) is 32.7 Å². The normalized spacial score (nSPS) is 18.1. The van der Waals surface area contributed by atoms with Gasteiger partial charge in [-0.25, -0.2) is 0 Å². The van der Waals surface area contributed by atoms with Crippen molar-refractivity contribution in [2.45, 2.75) is 12.3 Å². The van der Waals surface area contributed by atoms with Crippen LogP contribution in [-0.4, -0.2) is 26.2 Å². The molecule has 0 spiro atoms. The van der Waals surface area contributed by atoms with Crippen molar-refractivity contribution in [3.05, 3.63) is 40.4 Å². The first-order chi connectivity index (χ1) is 9.17. The molecule has 19 heavy (non-hydrogen) atoms. The molecule has 5 heteroatoms. The molecular weight excluding hydrogens is 285 g/mol. The fourth-order valence-electron chi connectivity index (χ4n) is 2.03. The highest BCUT2D eigenvalue weighted by atomic mass is 35.5. The number of halogens is 2. The Morgan fingerprint density at radius 2 is 2.21 bits per heavy atom. The summed E-state index contributed by atoms with van der Waals surface area (Å²) in [4.78, 5) is 4.30. The van der Waals surface area contributed by atoms with Crippen molar-refractivity contribution < 1.29 is 9.47 Å². The van der Waals surface area contributed by atoms with Crippen molar-refractivity contribution >= 4 is 29.1 Å². The standard InChI is InChI=1S/C14H15Cl2NO2/c1-3-6-19-11-5-4-10(13(15)14(11)16)9-7-12(18-2)17-8-9/h3-5,9H,1,6-8H2,2H3. The van der Waals surface area contributed by atoms with Gasteiger partial charge < -0.3 is 9.47 Å². The van der Waals surface area contributed by atoms with Gasteiger partial charge in [0.1, 0.15) is 17.4 Å². The van der Waals surface area contributed by atoms with Crippen LogP contribution in [0, 0.1) is 0 Å². The Hall–Kier alpha value is -1.19. The third-order valence-electron chi connectivity index (χ3n) is 3.02. The first-order valence-corrected chi connectivity index (χ1v) is 6.71. The van der Waals surface area contributed by atoms with E-state index in [1.165, 1.54) is 0 Å². The third-order valence-corrected chi connectivity index (χ3v) is 3.90. The summed E-state index contributed by atoms with van der Waals surface area (Å²) in [6.45, 7) is 4.67. The van der Waals surface area contributed by atoms with Gasteiger partial charge in [-0.1, -0.05) is 41.9 Å². The molecule has 1 aliphatic heterocycles. The predicted octanol–water partition coefficient (Wildman–Crippen LogP) is 4.09. The first kappa shape index (κ1) is 14.2. The van der Waals surface area contributed by atoms with Gasteiger partial charge in [-0.05, 0) is 11.6 Å². The molecule has 0 aromatic heterocycles. The van der Waals surface area contributed by atoms with Crippen LogP contribution >= 0.6 is 23.2 Å². The van der Waals surface area contributed by atoms with Crippen molar-refractivity contribution in [3.8, 4) is 5.75 Å². The molecule has 0 bridgehead atoms. The summed E-state index contributed by atoms with van der Waals surface area (Å²) in [7, 11) is 1.63. The van der Waals surface area contributed by atoms with Crippen LogP contribution in [0.15, 0.2) is 29.8 Å². The summed E-state index contributed by atoms with van der Waals surface area (Å²) >= 11 is 12.5. The quantitative estimate of drug-likeness (QED) is 0.784. The number of aliphatic imine (C=N–C) groups is 1. The smallest absolute Gasteiger partial charge is 0.183 e. The lowest BCUT2D eigenvalue weighted by molar-refractivity contribution is 0.363. The second kappa shape index (κ2) is 6.31. The van der Waals surface area contributed by atoms with Gasteiger partial charge in [0, 0.05) is 18.9 Å². The summed E-state index contributed by atoms with van der Waals surface area (Å²) < 4.78 is 10.6. The Balaban J connectivity index is 2.20. The number of ether oxygens (including phenoxy) is 2. The van der Waals surface area contributed by atoms with E-state index < -0.39 is 0 Å². The van der Waals surface area contributed by atoms with Gasteiger partial charge in [-0.3, -0.25) is 4.99 Å². The minimum Gasteiger partial charge on any atom is -0.488 e. The van der Waals surface area contributed by atoms with Crippen molar-refractivity contribution in [1.82, 2.24) is 0 Å². The zero-order valence-electron chi connectivity index (χ0n) is 10.7. The molecule has 102 valence electrons. The average Bonchev–Trinajstić information content (AvgIpc) is 2.89. The Morgan fingerprint density at radius 1 is 1.42 bits per heavy atom. The topological polar surface area (TPSA) is 30.8 Å². The Morgan fingerprint density at radius 3 is 2.84 bits per heavy atom. The number of benzene rings is 1. The van der Waals surface area contributed by atoms with Crippen molar-refractivity contribution in [2.75, 3.05) is 20.3 Å². The van der Waals surface area contributed by atoms with E-state index in [2.05, 4.69) is 11.6 Å².